The predicted molar refractivity (Wildman–Crippen MR) is 88.9 cm³/mol. The molecule has 0 saturated carbocycles. The second-order valence-electron chi connectivity index (χ2n) is 6.20. The molecule has 1 aromatic carbocycles. The molecule has 2 fully saturated rings. The maximum Gasteiger partial charge on any atom is 0.254 e. The number of nitrogens with zero attached hydrogens (tertiary/aromatic N) is 2. The number of carbonyl (C=O) groups excluding carboxylic acids is 1. The van der Waals surface area contributed by atoms with Crippen molar-refractivity contribution in [3.8, 4) is 5.75 Å². The van der Waals surface area contributed by atoms with Gasteiger partial charge < -0.3 is 19.3 Å². The van der Waals surface area contributed by atoms with Gasteiger partial charge in [-0.2, -0.15) is 0 Å². The number of amides is 1. The molecule has 0 bridgehead atoms. The van der Waals surface area contributed by atoms with Crippen molar-refractivity contribution in [2.24, 2.45) is 0 Å². The lowest BCUT2D eigenvalue weighted by Gasteiger charge is -2.34. The molecule has 0 spiro atoms. The summed E-state index contributed by atoms with van der Waals surface area (Å²) in [5.74, 6) is 0.849. The molecule has 23 heavy (non-hydrogen) atoms. The highest BCUT2D eigenvalue weighted by atomic mass is 16.5. The number of hydrogen-bond acceptors (Lipinski definition) is 4. The summed E-state index contributed by atoms with van der Waals surface area (Å²) in [6.45, 7) is 8.11. The van der Waals surface area contributed by atoms with E-state index in [1.807, 2.05) is 29.2 Å². The first-order valence-corrected chi connectivity index (χ1v) is 8.62. The Balaban J connectivity index is 1.56. The van der Waals surface area contributed by atoms with Crippen molar-refractivity contribution in [1.82, 2.24) is 9.80 Å². The first-order chi connectivity index (χ1) is 11.3. The van der Waals surface area contributed by atoms with Gasteiger partial charge >= 0.3 is 0 Å². The molecule has 1 unspecified atom stereocenters. The third-order valence-electron chi connectivity index (χ3n) is 4.65. The highest BCUT2D eigenvalue weighted by Gasteiger charge is 2.22. The van der Waals surface area contributed by atoms with Crippen molar-refractivity contribution in [3.05, 3.63) is 29.8 Å². The minimum absolute atomic E-state index is 0.100. The van der Waals surface area contributed by atoms with Gasteiger partial charge in [-0.25, -0.2) is 0 Å². The minimum atomic E-state index is 0.100. The van der Waals surface area contributed by atoms with E-state index in [2.05, 4.69) is 11.8 Å². The summed E-state index contributed by atoms with van der Waals surface area (Å²) in [7, 11) is 0. The largest absolute Gasteiger partial charge is 0.491 e. The SMILES string of the molecule is CCN1CCN(C(=O)c2cccc(OCC3CCCO3)c2)CC1. The van der Waals surface area contributed by atoms with Gasteiger partial charge in [-0.3, -0.25) is 4.79 Å². The zero-order valence-electron chi connectivity index (χ0n) is 13.9. The van der Waals surface area contributed by atoms with Gasteiger partial charge in [0.05, 0.1) is 6.10 Å². The van der Waals surface area contributed by atoms with Crippen LogP contribution in [0.15, 0.2) is 24.3 Å². The van der Waals surface area contributed by atoms with E-state index in [-0.39, 0.29) is 12.0 Å². The average Bonchev–Trinajstić information content (AvgIpc) is 3.13. The Morgan fingerprint density at radius 3 is 2.83 bits per heavy atom. The van der Waals surface area contributed by atoms with Crippen molar-refractivity contribution in [2.45, 2.75) is 25.9 Å². The van der Waals surface area contributed by atoms with Gasteiger partial charge in [0, 0.05) is 38.3 Å². The first-order valence-electron chi connectivity index (χ1n) is 8.62. The molecule has 2 heterocycles. The molecule has 0 aromatic heterocycles. The quantitative estimate of drug-likeness (QED) is 0.833. The first kappa shape index (κ1) is 16.3. The van der Waals surface area contributed by atoms with Gasteiger partial charge in [-0.05, 0) is 37.6 Å². The Kier molecular flexibility index (Phi) is 5.51. The third-order valence-corrected chi connectivity index (χ3v) is 4.65. The summed E-state index contributed by atoms with van der Waals surface area (Å²) >= 11 is 0. The second-order valence-corrected chi connectivity index (χ2v) is 6.20. The topological polar surface area (TPSA) is 42.0 Å². The number of hydrogen-bond donors (Lipinski definition) is 0. The van der Waals surface area contributed by atoms with E-state index in [4.69, 9.17) is 9.47 Å². The molecule has 0 N–H and O–H groups in total. The van der Waals surface area contributed by atoms with Crippen molar-refractivity contribution in [2.75, 3.05) is 45.9 Å². The maximum absolute atomic E-state index is 12.6. The molecular formula is C18H26N2O3. The second kappa shape index (κ2) is 7.79. The number of carbonyl (C=O) groups is 1. The Bertz CT molecular complexity index is 521. The normalized spacial score (nSPS) is 22.3. The highest BCUT2D eigenvalue weighted by Crippen LogP contribution is 2.18. The third kappa shape index (κ3) is 4.24. The van der Waals surface area contributed by atoms with Crippen LogP contribution in [-0.4, -0.2) is 67.7 Å². The molecule has 1 aromatic rings. The van der Waals surface area contributed by atoms with E-state index in [1.165, 1.54) is 0 Å². The Hall–Kier alpha value is -1.59. The maximum atomic E-state index is 12.6. The van der Waals surface area contributed by atoms with E-state index in [0.717, 1.165) is 57.9 Å². The molecule has 1 amide bonds. The average molecular weight is 318 g/mol. The smallest absolute Gasteiger partial charge is 0.254 e. The van der Waals surface area contributed by atoms with E-state index in [1.54, 1.807) is 0 Å². The Morgan fingerprint density at radius 2 is 2.13 bits per heavy atom. The van der Waals surface area contributed by atoms with Crippen molar-refractivity contribution in [1.29, 1.82) is 0 Å². The summed E-state index contributed by atoms with van der Waals surface area (Å²) in [5.41, 5.74) is 0.708. The van der Waals surface area contributed by atoms with Crippen LogP contribution in [0.5, 0.6) is 5.75 Å². The summed E-state index contributed by atoms with van der Waals surface area (Å²) < 4.78 is 11.4. The fourth-order valence-corrected chi connectivity index (χ4v) is 3.13. The van der Waals surface area contributed by atoms with Gasteiger partial charge in [-0.15, -0.1) is 0 Å². The predicted octanol–water partition coefficient (Wildman–Crippen LogP) is 2.02. The summed E-state index contributed by atoms with van der Waals surface area (Å²) in [4.78, 5) is 16.9. The molecule has 2 aliphatic rings. The molecule has 126 valence electrons. The molecule has 1 atom stereocenters. The molecule has 2 saturated heterocycles. The number of benzene rings is 1. The Morgan fingerprint density at radius 1 is 1.30 bits per heavy atom. The molecular weight excluding hydrogens is 292 g/mol. The van der Waals surface area contributed by atoms with Crippen LogP contribution in [0.1, 0.15) is 30.1 Å². The molecule has 5 heteroatoms. The van der Waals surface area contributed by atoms with Gasteiger partial charge in [0.15, 0.2) is 0 Å². The van der Waals surface area contributed by atoms with Crippen molar-refractivity contribution in [3.63, 3.8) is 0 Å². The van der Waals surface area contributed by atoms with Gasteiger partial charge in [0.2, 0.25) is 0 Å². The highest BCUT2D eigenvalue weighted by molar-refractivity contribution is 5.94. The molecule has 3 rings (SSSR count). The van der Waals surface area contributed by atoms with E-state index in [9.17, 15) is 4.79 Å². The fraction of sp³-hybridized carbons (Fsp3) is 0.611. The van der Waals surface area contributed by atoms with Crippen LogP contribution < -0.4 is 4.74 Å². The molecule has 0 radical (unpaired) electrons. The van der Waals surface area contributed by atoms with Crippen LogP contribution in [0.2, 0.25) is 0 Å². The zero-order valence-corrected chi connectivity index (χ0v) is 13.9. The number of ether oxygens (including phenoxy) is 2. The lowest BCUT2D eigenvalue weighted by molar-refractivity contribution is 0.0638. The number of piperazine rings is 1. The molecule has 5 nitrogen and oxygen atoms in total. The van der Waals surface area contributed by atoms with Crippen molar-refractivity contribution < 1.29 is 14.3 Å². The van der Waals surface area contributed by atoms with Gasteiger partial charge in [0.25, 0.3) is 5.91 Å². The fourth-order valence-electron chi connectivity index (χ4n) is 3.13. The van der Waals surface area contributed by atoms with Crippen LogP contribution in [0, 0.1) is 0 Å². The molecule has 0 aliphatic carbocycles. The monoisotopic (exact) mass is 318 g/mol. The summed E-state index contributed by atoms with van der Waals surface area (Å²) in [6.07, 6.45) is 2.35. The zero-order chi connectivity index (χ0) is 16.1. The van der Waals surface area contributed by atoms with Crippen LogP contribution in [0.3, 0.4) is 0 Å². The van der Waals surface area contributed by atoms with E-state index in [0.29, 0.717) is 12.2 Å². The van der Waals surface area contributed by atoms with Crippen LogP contribution in [0.4, 0.5) is 0 Å². The standard InChI is InChI=1S/C18H26N2O3/c1-2-19-8-10-20(11-9-19)18(21)15-5-3-6-16(13-15)23-14-17-7-4-12-22-17/h3,5-6,13,17H,2,4,7-12,14H2,1H3. The van der Waals surface area contributed by atoms with Crippen LogP contribution in [-0.2, 0) is 4.74 Å². The molecule has 2 aliphatic heterocycles. The lowest BCUT2D eigenvalue weighted by Crippen LogP contribution is -2.48. The Labute approximate surface area is 138 Å². The van der Waals surface area contributed by atoms with Gasteiger partial charge in [0.1, 0.15) is 12.4 Å². The van der Waals surface area contributed by atoms with E-state index < -0.39 is 0 Å². The lowest BCUT2D eigenvalue weighted by atomic mass is 10.1. The summed E-state index contributed by atoms with van der Waals surface area (Å²) in [6, 6.07) is 7.51. The van der Waals surface area contributed by atoms with Crippen molar-refractivity contribution >= 4 is 5.91 Å². The van der Waals surface area contributed by atoms with E-state index >= 15 is 0 Å². The van der Waals surface area contributed by atoms with Crippen LogP contribution in [0.25, 0.3) is 0 Å². The van der Waals surface area contributed by atoms with Crippen LogP contribution >= 0.6 is 0 Å². The minimum Gasteiger partial charge on any atom is -0.491 e. The van der Waals surface area contributed by atoms with Gasteiger partial charge in [-0.1, -0.05) is 13.0 Å². The number of rotatable bonds is 5. The number of likely N-dealkylation sites (N-methyl/N-ethyl adjacent to an activating group) is 1. The summed E-state index contributed by atoms with van der Waals surface area (Å²) in [5, 5.41) is 0.